The number of rotatable bonds is 7. The van der Waals surface area contributed by atoms with Crippen molar-refractivity contribution < 1.29 is 22.7 Å². The number of para-hydroxylation sites is 1. The van der Waals surface area contributed by atoms with Crippen LogP contribution in [0.3, 0.4) is 0 Å². The lowest BCUT2D eigenvalue weighted by atomic mass is 10.2. The van der Waals surface area contributed by atoms with E-state index in [0.29, 0.717) is 0 Å². The number of hydrogen-bond acceptors (Lipinski definition) is 3. The molecule has 134 valence electrons. The summed E-state index contributed by atoms with van der Waals surface area (Å²) >= 11 is 11.7. The fraction of sp³-hybridized carbons (Fsp3) is 0.188. The molecule has 0 unspecified atom stereocenters. The Morgan fingerprint density at radius 3 is 2.40 bits per heavy atom. The van der Waals surface area contributed by atoms with Gasteiger partial charge in [-0.05, 0) is 36.8 Å². The Hall–Kier alpha value is -1.83. The van der Waals surface area contributed by atoms with E-state index in [1.165, 1.54) is 36.4 Å². The van der Waals surface area contributed by atoms with Gasteiger partial charge in [0.15, 0.2) is 0 Å². The molecule has 0 aliphatic rings. The smallest absolute Gasteiger partial charge is 0.303 e. The Labute approximate surface area is 154 Å². The van der Waals surface area contributed by atoms with Crippen molar-refractivity contribution in [3.8, 4) is 0 Å². The first-order valence-corrected chi connectivity index (χ1v) is 9.37. The summed E-state index contributed by atoms with van der Waals surface area (Å²) in [6.07, 6.45) is -0.230. The molecule has 1 N–H and O–H groups in total. The number of nitrogens with zero attached hydrogens (tertiary/aromatic N) is 1. The summed E-state index contributed by atoms with van der Waals surface area (Å²) in [4.78, 5) is 10.5. The maximum absolute atomic E-state index is 14.1. The molecule has 2 aromatic rings. The molecule has 0 bridgehead atoms. The molecule has 0 fully saturated rings. The first-order valence-electron chi connectivity index (χ1n) is 7.17. The fourth-order valence-electron chi connectivity index (χ4n) is 2.16. The summed E-state index contributed by atoms with van der Waals surface area (Å²) in [5.41, 5.74) is -0.168. The molecule has 2 aromatic carbocycles. The predicted octanol–water partition coefficient (Wildman–Crippen LogP) is 4.19. The van der Waals surface area contributed by atoms with E-state index in [4.69, 9.17) is 28.3 Å². The molecular formula is C16H14Cl2FNO4S. The second-order valence-electron chi connectivity index (χ2n) is 5.10. The number of benzene rings is 2. The van der Waals surface area contributed by atoms with E-state index in [9.17, 15) is 17.6 Å². The van der Waals surface area contributed by atoms with Crippen LogP contribution in [0.4, 0.5) is 10.1 Å². The largest absolute Gasteiger partial charge is 0.481 e. The Kier molecular flexibility index (Phi) is 6.26. The maximum atomic E-state index is 14.1. The minimum Gasteiger partial charge on any atom is -0.481 e. The average molecular weight is 406 g/mol. The third-order valence-electron chi connectivity index (χ3n) is 3.35. The van der Waals surface area contributed by atoms with Gasteiger partial charge >= 0.3 is 5.97 Å². The highest BCUT2D eigenvalue weighted by Crippen LogP contribution is 2.30. The Bertz CT molecular complexity index is 889. The van der Waals surface area contributed by atoms with E-state index < -0.39 is 21.8 Å². The van der Waals surface area contributed by atoms with Gasteiger partial charge in [-0.3, -0.25) is 9.10 Å². The summed E-state index contributed by atoms with van der Waals surface area (Å²) in [5, 5.41) is 8.99. The topological polar surface area (TPSA) is 74.7 Å². The Morgan fingerprint density at radius 1 is 1.12 bits per heavy atom. The molecular weight excluding hydrogens is 392 g/mol. The van der Waals surface area contributed by atoms with Crippen LogP contribution in [0.2, 0.25) is 10.0 Å². The number of carbonyl (C=O) groups is 1. The molecule has 0 spiro atoms. The molecule has 0 saturated carbocycles. The lowest BCUT2D eigenvalue weighted by molar-refractivity contribution is -0.137. The van der Waals surface area contributed by atoms with Crippen molar-refractivity contribution in [3.05, 3.63) is 58.3 Å². The molecule has 0 aliphatic carbocycles. The van der Waals surface area contributed by atoms with E-state index in [1.54, 1.807) is 0 Å². The molecule has 0 amide bonds. The highest BCUT2D eigenvalue weighted by molar-refractivity contribution is 7.92. The van der Waals surface area contributed by atoms with E-state index in [1.807, 2.05) is 0 Å². The average Bonchev–Trinajstić information content (AvgIpc) is 2.54. The van der Waals surface area contributed by atoms with Crippen LogP contribution in [0.1, 0.15) is 12.8 Å². The summed E-state index contributed by atoms with van der Waals surface area (Å²) < 4.78 is 40.9. The van der Waals surface area contributed by atoms with Crippen LogP contribution in [0.5, 0.6) is 0 Å². The fourth-order valence-corrected chi connectivity index (χ4v) is 4.06. The van der Waals surface area contributed by atoms with Gasteiger partial charge in [0.2, 0.25) is 0 Å². The van der Waals surface area contributed by atoms with Crippen molar-refractivity contribution in [1.29, 1.82) is 0 Å². The van der Waals surface area contributed by atoms with Gasteiger partial charge in [-0.15, -0.1) is 0 Å². The molecule has 0 radical (unpaired) electrons. The minimum atomic E-state index is -4.16. The summed E-state index contributed by atoms with van der Waals surface area (Å²) in [6, 6.07) is 9.12. The normalized spacial score (nSPS) is 11.3. The van der Waals surface area contributed by atoms with Crippen molar-refractivity contribution in [2.75, 3.05) is 10.8 Å². The second kappa shape index (κ2) is 8.03. The van der Waals surface area contributed by atoms with Gasteiger partial charge in [-0.2, -0.15) is 0 Å². The predicted molar refractivity (Wildman–Crippen MR) is 94.3 cm³/mol. The summed E-state index contributed by atoms with van der Waals surface area (Å²) in [5.74, 6) is -1.80. The van der Waals surface area contributed by atoms with Crippen LogP contribution in [0.25, 0.3) is 0 Å². The van der Waals surface area contributed by atoms with Crippen molar-refractivity contribution in [3.63, 3.8) is 0 Å². The van der Waals surface area contributed by atoms with Gasteiger partial charge in [0.05, 0.1) is 20.6 Å². The number of sulfonamides is 1. The third kappa shape index (κ3) is 4.62. The summed E-state index contributed by atoms with van der Waals surface area (Å²) in [7, 11) is -4.16. The molecule has 0 aliphatic heterocycles. The molecule has 0 atom stereocenters. The van der Waals surface area contributed by atoms with E-state index in [0.717, 1.165) is 10.4 Å². The zero-order valence-corrected chi connectivity index (χ0v) is 15.2. The van der Waals surface area contributed by atoms with Gasteiger partial charge in [-0.25, -0.2) is 12.8 Å². The van der Waals surface area contributed by atoms with Crippen LogP contribution in [0, 0.1) is 5.82 Å². The molecule has 5 nitrogen and oxygen atoms in total. The molecule has 25 heavy (non-hydrogen) atoms. The van der Waals surface area contributed by atoms with Crippen LogP contribution >= 0.6 is 23.2 Å². The number of anilines is 1. The Balaban J connectivity index is 2.47. The highest BCUT2D eigenvalue weighted by Gasteiger charge is 2.27. The lowest BCUT2D eigenvalue weighted by Gasteiger charge is -2.25. The lowest BCUT2D eigenvalue weighted by Crippen LogP contribution is -2.33. The maximum Gasteiger partial charge on any atom is 0.303 e. The van der Waals surface area contributed by atoms with Crippen LogP contribution in [-0.2, 0) is 14.8 Å². The second-order valence-corrected chi connectivity index (χ2v) is 7.78. The Morgan fingerprint density at radius 2 is 1.80 bits per heavy atom. The molecule has 9 heteroatoms. The zero-order valence-electron chi connectivity index (χ0n) is 12.8. The molecule has 0 aromatic heterocycles. The van der Waals surface area contributed by atoms with Crippen molar-refractivity contribution in [1.82, 2.24) is 0 Å². The van der Waals surface area contributed by atoms with Crippen LogP contribution < -0.4 is 4.31 Å². The van der Waals surface area contributed by atoms with E-state index >= 15 is 0 Å². The third-order valence-corrected chi connectivity index (χ3v) is 5.90. The first kappa shape index (κ1) is 19.5. The minimum absolute atomic E-state index is 0.0181. The van der Waals surface area contributed by atoms with Crippen LogP contribution in [0.15, 0.2) is 47.4 Å². The zero-order chi connectivity index (χ0) is 18.6. The van der Waals surface area contributed by atoms with Gasteiger partial charge in [-0.1, -0.05) is 35.3 Å². The molecule has 0 heterocycles. The highest BCUT2D eigenvalue weighted by atomic mass is 35.5. The standard InChI is InChI=1S/C16H14Cl2FNO4S/c17-12-8-7-11(10-13(12)18)25(23,24)20(9-3-6-16(21)22)15-5-2-1-4-14(15)19/h1-2,4-5,7-8,10H,3,6,9H2,(H,21,22). The van der Waals surface area contributed by atoms with Gasteiger partial charge in [0.1, 0.15) is 5.82 Å². The van der Waals surface area contributed by atoms with E-state index in [-0.39, 0.29) is 40.0 Å². The van der Waals surface area contributed by atoms with Crippen LogP contribution in [-0.4, -0.2) is 26.0 Å². The number of halogens is 3. The number of hydrogen-bond donors (Lipinski definition) is 1. The van der Waals surface area contributed by atoms with Crippen molar-refractivity contribution in [2.45, 2.75) is 17.7 Å². The van der Waals surface area contributed by atoms with Crippen molar-refractivity contribution in [2.24, 2.45) is 0 Å². The molecule has 2 rings (SSSR count). The monoisotopic (exact) mass is 405 g/mol. The SMILES string of the molecule is O=C(O)CCCN(c1ccccc1F)S(=O)(=O)c1ccc(Cl)c(Cl)c1. The van der Waals surface area contributed by atoms with Gasteiger partial charge in [0, 0.05) is 13.0 Å². The van der Waals surface area contributed by atoms with Gasteiger partial charge < -0.3 is 5.11 Å². The van der Waals surface area contributed by atoms with Gasteiger partial charge in [0.25, 0.3) is 10.0 Å². The van der Waals surface area contributed by atoms with E-state index in [2.05, 4.69) is 0 Å². The number of carboxylic acid groups (broad SMARTS) is 1. The number of carboxylic acids is 1. The first-order chi connectivity index (χ1) is 11.7. The quantitative estimate of drug-likeness (QED) is 0.748. The number of aliphatic carboxylic acids is 1. The summed E-state index contributed by atoms with van der Waals surface area (Å²) in [6.45, 7) is -0.199. The molecule has 0 saturated heterocycles. The van der Waals surface area contributed by atoms with Crippen molar-refractivity contribution >= 4 is 44.9 Å².